The Morgan fingerprint density at radius 2 is 1.97 bits per heavy atom. The molecule has 4 heterocycles. The highest BCUT2D eigenvalue weighted by Gasteiger charge is 2.14. The van der Waals surface area contributed by atoms with E-state index in [0.717, 1.165) is 28.7 Å². The number of nitrogens with one attached hydrogen (secondary N) is 1. The molecular formula is C23H22N8O. The molecule has 32 heavy (non-hydrogen) atoms. The van der Waals surface area contributed by atoms with E-state index in [1.807, 2.05) is 29.2 Å². The zero-order valence-electron chi connectivity index (χ0n) is 18.0. The van der Waals surface area contributed by atoms with E-state index in [1.54, 1.807) is 12.3 Å². The van der Waals surface area contributed by atoms with Crippen LogP contribution in [0.4, 0.5) is 0 Å². The minimum atomic E-state index is 0.413. The number of nitrogens with zero attached hydrogens (tertiary/aromatic N) is 7. The van der Waals surface area contributed by atoms with E-state index < -0.39 is 0 Å². The van der Waals surface area contributed by atoms with Crippen LogP contribution in [-0.2, 0) is 6.54 Å². The third-order valence-corrected chi connectivity index (χ3v) is 5.68. The van der Waals surface area contributed by atoms with Crippen molar-refractivity contribution in [3.05, 3.63) is 71.3 Å². The summed E-state index contributed by atoms with van der Waals surface area (Å²) in [5.74, 6) is 0.907. The predicted molar refractivity (Wildman–Crippen MR) is 120 cm³/mol. The fourth-order valence-corrected chi connectivity index (χ4v) is 4.01. The molecule has 0 saturated heterocycles. The number of H-pyrrole nitrogens is 1. The van der Waals surface area contributed by atoms with Gasteiger partial charge in [0.2, 0.25) is 0 Å². The van der Waals surface area contributed by atoms with E-state index >= 15 is 0 Å². The zero-order valence-corrected chi connectivity index (χ0v) is 18.0. The van der Waals surface area contributed by atoms with Gasteiger partial charge in [0.25, 0.3) is 0 Å². The molecular weight excluding hydrogens is 404 g/mol. The van der Waals surface area contributed by atoms with Crippen LogP contribution in [0.2, 0.25) is 0 Å². The monoisotopic (exact) mass is 426 g/mol. The first kappa shape index (κ1) is 19.8. The van der Waals surface area contributed by atoms with Crippen molar-refractivity contribution < 1.29 is 4.79 Å². The van der Waals surface area contributed by atoms with Gasteiger partial charge < -0.3 is 9.13 Å². The number of carbonyl (C=O) groups is 1. The minimum absolute atomic E-state index is 0.413. The highest BCUT2D eigenvalue weighted by molar-refractivity contribution is 5.78. The number of rotatable bonds is 6. The number of tetrazole rings is 1. The average molecular weight is 426 g/mol. The lowest BCUT2D eigenvalue weighted by molar-refractivity contribution is 0.112. The van der Waals surface area contributed by atoms with Crippen molar-refractivity contribution in [3.8, 4) is 17.2 Å². The molecule has 0 aliphatic heterocycles. The molecule has 1 N–H and O–H groups in total. The Kier molecular flexibility index (Phi) is 4.85. The highest BCUT2D eigenvalue weighted by Crippen LogP contribution is 2.25. The molecule has 0 amide bonds. The van der Waals surface area contributed by atoms with Gasteiger partial charge in [0, 0.05) is 23.6 Å². The van der Waals surface area contributed by atoms with E-state index in [-0.39, 0.29) is 0 Å². The first-order chi connectivity index (χ1) is 15.5. The van der Waals surface area contributed by atoms with Gasteiger partial charge in [-0.25, -0.2) is 15.1 Å². The predicted octanol–water partition coefficient (Wildman–Crippen LogP) is 3.69. The number of carbonyl (C=O) groups excluding carboxylic acids is 1. The first-order valence-corrected chi connectivity index (χ1v) is 10.4. The summed E-state index contributed by atoms with van der Waals surface area (Å²) in [7, 11) is 0. The molecule has 0 fully saturated rings. The molecule has 0 saturated carbocycles. The van der Waals surface area contributed by atoms with Gasteiger partial charge in [0.15, 0.2) is 17.8 Å². The van der Waals surface area contributed by atoms with Gasteiger partial charge >= 0.3 is 0 Å². The molecule has 160 valence electrons. The summed E-state index contributed by atoms with van der Waals surface area (Å²) in [6.07, 6.45) is 6.38. The highest BCUT2D eigenvalue weighted by atomic mass is 16.1. The van der Waals surface area contributed by atoms with Gasteiger partial charge in [0.1, 0.15) is 5.52 Å². The van der Waals surface area contributed by atoms with E-state index in [9.17, 15) is 4.79 Å². The normalized spacial score (nSPS) is 11.5. The second-order valence-electron chi connectivity index (χ2n) is 8.10. The standard InChI is InChI=1S/C23H22N8O/c1-14(2)19-9-24-23-21(15(19)3)25-13-30(23)10-16-4-6-18(7-5-16)31-11-17(12-32)8-20(31)22-26-28-29-27-22/h4-9,11-14H,10H2,1-3H3,(H,26,27,28,29). The summed E-state index contributed by atoms with van der Waals surface area (Å²) >= 11 is 0. The summed E-state index contributed by atoms with van der Waals surface area (Å²) < 4.78 is 3.95. The summed E-state index contributed by atoms with van der Waals surface area (Å²) in [6.45, 7) is 7.11. The van der Waals surface area contributed by atoms with E-state index in [1.165, 1.54) is 11.1 Å². The van der Waals surface area contributed by atoms with Crippen LogP contribution in [0.1, 0.15) is 46.8 Å². The third-order valence-electron chi connectivity index (χ3n) is 5.68. The number of pyridine rings is 1. The number of aldehydes is 1. The number of fused-ring (bicyclic) bond motifs is 1. The van der Waals surface area contributed by atoms with Crippen LogP contribution in [0, 0.1) is 6.92 Å². The van der Waals surface area contributed by atoms with E-state index in [2.05, 4.69) is 68.1 Å². The first-order valence-electron chi connectivity index (χ1n) is 10.4. The smallest absolute Gasteiger partial charge is 0.196 e. The Hall–Kier alpha value is -4.14. The fraction of sp³-hybridized carbons (Fsp3) is 0.217. The molecule has 9 heteroatoms. The Morgan fingerprint density at radius 1 is 1.16 bits per heavy atom. The molecule has 1 aromatic carbocycles. The van der Waals surface area contributed by atoms with Gasteiger partial charge in [0.05, 0.1) is 18.6 Å². The van der Waals surface area contributed by atoms with Crippen molar-refractivity contribution in [2.45, 2.75) is 33.2 Å². The van der Waals surface area contributed by atoms with Crippen LogP contribution < -0.4 is 0 Å². The number of aryl methyl sites for hydroxylation is 1. The maximum atomic E-state index is 11.3. The van der Waals surface area contributed by atoms with Crippen LogP contribution in [0.5, 0.6) is 0 Å². The summed E-state index contributed by atoms with van der Waals surface area (Å²) in [5.41, 5.74) is 7.53. The van der Waals surface area contributed by atoms with Crippen LogP contribution in [-0.4, -0.2) is 46.0 Å². The molecule has 0 unspecified atom stereocenters. The zero-order chi connectivity index (χ0) is 22.2. The summed E-state index contributed by atoms with van der Waals surface area (Å²) in [4.78, 5) is 20.6. The Balaban J connectivity index is 1.45. The molecule has 5 rings (SSSR count). The number of aromatic nitrogens is 8. The number of hydrogen-bond donors (Lipinski definition) is 1. The second-order valence-corrected chi connectivity index (χ2v) is 8.10. The molecule has 0 bridgehead atoms. The lowest BCUT2D eigenvalue weighted by atomic mass is 10.00. The maximum absolute atomic E-state index is 11.3. The van der Waals surface area contributed by atoms with Crippen molar-refractivity contribution in [2.75, 3.05) is 0 Å². The lowest BCUT2D eigenvalue weighted by Gasteiger charge is -2.11. The topological polar surface area (TPSA) is 107 Å². The Labute approximate surface area is 184 Å². The molecule has 5 aromatic rings. The Morgan fingerprint density at radius 3 is 2.66 bits per heavy atom. The third kappa shape index (κ3) is 3.37. The van der Waals surface area contributed by atoms with Crippen LogP contribution in [0.25, 0.3) is 28.4 Å². The van der Waals surface area contributed by atoms with Gasteiger partial charge in [-0.2, -0.15) is 0 Å². The van der Waals surface area contributed by atoms with Gasteiger partial charge in [-0.1, -0.05) is 26.0 Å². The summed E-state index contributed by atoms with van der Waals surface area (Å²) in [5, 5.41) is 14.0. The van der Waals surface area contributed by atoms with Crippen LogP contribution >= 0.6 is 0 Å². The number of benzene rings is 1. The van der Waals surface area contributed by atoms with Crippen molar-refractivity contribution >= 4 is 17.5 Å². The van der Waals surface area contributed by atoms with Crippen molar-refractivity contribution in [3.63, 3.8) is 0 Å². The SMILES string of the molecule is Cc1c(C(C)C)cnc2c1ncn2Cc1ccc(-n2cc(C=O)cc2-c2nnn[nH]2)cc1. The molecule has 0 aliphatic rings. The summed E-state index contributed by atoms with van der Waals surface area (Å²) in [6, 6.07) is 9.87. The number of imidazole rings is 1. The largest absolute Gasteiger partial charge is 0.313 e. The van der Waals surface area contributed by atoms with E-state index in [0.29, 0.717) is 29.5 Å². The maximum Gasteiger partial charge on any atom is 0.196 e. The van der Waals surface area contributed by atoms with Gasteiger partial charge in [-0.05, 0) is 58.2 Å². The molecule has 0 radical (unpaired) electrons. The van der Waals surface area contributed by atoms with Crippen LogP contribution in [0.3, 0.4) is 0 Å². The number of aromatic amines is 1. The Bertz CT molecular complexity index is 1390. The molecule has 4 aromatic heterocycles. The van der Waals surface area contributed by atoms with Crippen LogP contribution in [0.15, 0.2) is 49.1 Å². The quantitative estimate of drug-likeness (QED) is 0.415. The van der Waals surface area contributed by atoms with Crippen molar-refractivity contribution in [1.29, 1.82) is 0 Å². The lowest BCUT2D eigenvalue weighted by Crippen LogP contribution is -2.02. The van der Waals surface area contributed by atoms with Crippen molar-refractivity contribution in [2.24, 2.45) is 0 Å². The molecule has 0 atom stereocenters. The molecule has 9 nitrogen and oxygen atoms in total. The molecule has 0 spiro atoms. The molecule has 0 aliphatic carbocycles. The second kappa shape index (κ2) is 7.84. The van der Waals surface area contributed by atoms with E-state index in [4.69, 9.17) is 0 Å². The number of hydrogen-bond acceptors (Lipinski definition) is 6. The minimum Gasteiger partial charge on any atom is -0.313 e. The fourth-order valence-electron chi connectivity index (χ4n) is 4.01. The van der Waals surface area contributed by atoms with Gasteiger partial charge in [-0.3, -0.25) is 4.79 Å². The average Bonchev–Trinajstić information content (AvgIpc) is 3.54. The van der Waals surface area contributed by atoms with Crippen molar-refractivity contribution in [1.82, 2.24) is 39.7 Å². The van der Waals surface area contributed by atoms with Gasteiger partial charge in [-0.15, -0.1) is 5.10 Å².